The van der Waals surface area contributed by atoms with Crippen molar-refractivity contribution in [2.75, 3.05) is 0 Å². The minimum atomic E-state index is -2.60. The Balaban J connectivity index is 1.66. The number of aromatic nitrogens is 1. The summed E-state index contributed by atoms with van der Waals surface area (Å²) in [5.41, 5.74) is 6.40. The second-order valence-corrected chi connectivity index (χ2v) is 6.57. The molecule has 1 aliphatic carbocycles. The molecule has 124 valence electrons. The average Bonchev–Trinajstić information content (AvgIpc) is 2.85. The van der Waals surface area contributed by atoms with E-state index in [1.807, 2.05) is 37.3 Å². The fourth-order valence-corrected chi connectivity index (χ4v) is 3.22. The number of aryl methyl sites for hydroxylation is 1. The van der Waals surface area contributed by atoms with Gasteiger partial charge in [-0.3, -0.25) is 4.98 Å². The third kappa shape index (κ3) is 3.45. The van der Waals surface area contributed by atoms with Gasteiger partial charge < -0.3 is 0 Å². The normalized spacial score (nSPS) is 15.1. The number of benzene rings is 1. The van der Waals surface area contributed by atoms with E-state index in [-0.39, 0.29) is 12.8 Å². The summed E-state index contributed by atoms with van der Waals surface area (Å²) in [5, 5.41) is 0. The number of rotatable bonds is 5. The third-order valence-corrected chi connectivity index (χ3v) is 4.59. The minimum Gasteiger partial charge on any atom is -0.256 e. The molecule has 3 rings (SSSR count). The molecule has 1 nitrogen and oxygen atoms in total. The van der Waals surface area contributed by atoms with Crippen molar-refractivity contribution in [3.05, 3.63) is 77.6 Å². The van der Waals surface area contributed by atoms with Gasteiger partial charge in [0.2, 0.25) is 0 Å². The van der Waals surface area contributed by atoms with E-state index in [1.54, 1.807) is 6.20 Å². The fourth-order valence-electron chi connectivity index (χ4n) is 3.22. The molecule has 0 saturated carbocycles. The number of allylic oxidation sites excluding steroid dienone is 2. The van der Waals surface area contributed by atoms with Crippen molar-refractivity contribution >= 4 is 11.1 Å². The van der Waals surface area contributed by atoms with Crippen LogP contribution in [0, 0.1) is 6.92 Å². The molecule has 1 heterocycles. The van der Waals surface area contributed by atoms with Gasteiger partial charge in [0.15, 0.2) is 0 Å². The first-order chi connectivity index (χ1) is 11.4. The highest BCUT2D eigenvalue weighted by Gasteiger charge is 2.37. The molecule has 0 atom stereocenters. The summed E-state index contributed by atoms with van der Waals surface area (Å²) in [5.74, 6) is -2.60. The van der Waals surface area contributed by atoms with Crippen LogP contribution in [0.3, 0.4) is 0 Å². The van der Waals surface area contributed by atoms with Crippen molar-refractivity contribution in [2.45, 2.75) is 38.5 Å². The van der Waals surface area contributed by atoms with E-state index in [0.717, 1.165) is 51.9 Å². The summed E-state index contributed by atoms with van der Waals surface area (Å²) in [6.45, 7) is 10.3. The summed E-state index contributed by atoms with van der Waals surface area (Å²) in [7, 11) is 0. The van der Waals surface area contributed by atoms with Crippen LogP contribution in [0.25, 0.3) is 11.1 Å². The van der Waals surface area contributed by atoms with E-state index in [1.165, 1.54) is 0 Å². The van der Waals surface area contributed by atoms with Crippen molar-refractivity contribution in [2.24, 2.45) is 0 Å². The summed E-state index contributed by atoms with van der Waals surface area (Å²) in [6.07, 6.45) is 2.95. The number of halogens is 2. The smallest absolute Gasteiger partial charge is 0.256 e. The largest absolute Gasteiger partial charge is 0.256 e. The molecule has 0 aliphatic heterocycles. The molecule has 1 aliphatic rings. The van der Waals surface area contributed by atoms with Gasteiger partial charge in [-0.2, -0.15) is 0 Å². The summed E-state index contributed by atoms with van der Waals surface area (Å²) in [4.78, 5) is 4.38. The van der Waals surface area contributed by atoms with Crippen LogP contribution >= 0.6 is 0 Å². The Hall–Kier alpha value is -2.29. The van der Waals surface area contributed by atoms with Crippen LogP contribution in [0.1, 0.15) is 40.8 Å². The van der Waals surface area contributed by atoms with E-state index in [2.05, 4.69) is 18.1 Å². The SMILES string of the molecule is C=C(CCC(=C)c1ncccc1C)c1ccc2c(c1)CC(F)(F)C2. The zero-order chi connectivity index (χ0) is 17.3. The number of hydrogen-bond acceptors (Lipinski definition) is 1. The molecule has 0 bridgehead atoms. The van der Waals surface area contributed by atoms with Gasteiger partial charge in [-0.25, -0.2) is 8.78 Å². The van der Waals surface area contributed by atoms with Gasteiger partial charge in [0.05, 0.1) is 5.69 Å². The molecule has 2 aromatic rings. The molecule has 3 heteroatoms. The van der Waals surface area contributed by atoms with Gasteiger partial charge in [-0.05, 0) is 59.2 Å². The van der Waals surface area contributed by atoms with E-state index < -0.39 is 5.92 Å². The van der Waals surface area contributed by atoms with Crippen molar-refractivity contribution in [3.63, 3.8) is 0 Å². The minimum absolute atomic E-state index is 0.148. The van der Waals surface area contributed by atoms with Crippen molar-refractivity contribution < 1.29 is 8.78 Å². The molecule has 0 saturated heterocycles. The first-order valence-corrected chi connectivity index (χ1v) is 8.13. The molecular weight excluding hydrogens is 304 g/mol. The molecule has 0 amide bonds. The van der Waals surface area contributed by atoms with Crippen LogP contribution in [-0.2, 0) is 12.8 Å². The zero-order valence-electron chi connectivity index (χ0n) is 13.9. The van der Waals surface area contributed by atoms with Crippen LogP contribution in [0.15, 0.2) is 49.7 Å². The first kappa shape index (κ1) is 16.6. The van der Waals surface area contributed by atoms with Crippen LogP contribution in [0.4, 0.5) is 8.78 Å². The second kappa shape index (κ2) is 6.31. The van der Waals surface area contributed by atoms with Crippen molar-refractivity contribution in [1.29, 1.82) is 0 Å². The van der Waals surface area contributed by atoms with Gasteiger partial charge in [0.1, 0.15) is 0 Å². The fraction of sp³-hybridized carbons (Fsp3) is 0.286. The highest BCUT2D eigenvalue weighted by molar-refractivity contribution is 5.69. The summed E-state index contributed by atoms with van der Waals surface area (Å²) >= 11 is 0. The number of hydrogen-bond donors (Lipinski definition) is 0. The Bertz CT molecular complexity index is 805. The second-order valence-electron chi connectivity index (χ2n) is 6.57. The van der Waals surface area contributed by atoms with Crippen LogP contribution in [0.5, 0.6) is 0 Å². The molecule has 24 heavy (non-hydrogen) atoms. The number of alkyl halides is 2. The highest BCUT2D eigenvalue weighted by atomic mass is 19.3. The monoisotopic (exact) mass is 325 g/mol. The molecule has 0 spiro atoms. The predicted molar refractivity (Wildman–Crippen MR) is 95.1 cm³/mol. The lowest BCUT2D eigenvalue weighted by molar-refractivity contribution is 0.0130. The average molecular weight is 325 g/mol. The molecule has 1 aromatic carbocycles. The van der Waals surface area contributed by atoms with Gasteiger partial charge >= 0.3 is 0 Å². The van der Waals surface area contributed by atoms with Gasteiger partial charge in [-0.15, -0.1) is 0 Å². The molecule has 0 unspecified atom stereocenters. The quantitative estimate of drug-likeness (QED) is 0.694. The lowest BCUT2D eigenvalue weighted by Gasteiger charge is -2.11. The number of fused-ring (bicyclic) bond motifs is 1. The Morgan fingerprint density at radius 1 is 1.08 bits per heavy atom. The standard InChI is InChI=1S/C21H21F2N/c1-14(6-7-16(3)20-15(2)5-4-10-24-20)17-8-9-18-12-21(22,23)13-19(18)11-17/h4-5,8-11H,1,3,6-7,12-13H2,2H3. The number of pyridine rings is 1. The highest BCUT2D eigenvalue weighted by Crippen LogP contribution is 2.36. The molecular formula is C21H21F2N. The molecule has 0 radical (unpaired) electrons. The molecule has 0 fully saturated rings. The van der Waals surface area contributed by atoms with Gasteiger partial charge in [0.25, 0.3) is 5.92 Å². The maximum Gasteiger partial charge on any atom is 0.256 e. The summed E-state index contributed by atoms with van der Waals surface area (Å²) in [6, 6.07) is 9.51. The van der Waals surface area contributed by atoms with Gasteiger partial charge in [-0.1, -0.05) is 37.4 Å². The first-order valence-electron chi connectivity index (χ1n) is 8.13. The Morgan fingerprint density at radius 3 is 2.54 bits per heavy atom. The summed E-state index contributed by atoms with van der Waals surface area (Å²) < 4.78 is 27.0. The Kier molecular flexibility index (Phi) is 4.35. The van der Waals surface area contributed by atoms with E-state index in [9.17, 15) is 8.78 Å². The zero-order valence-corrected chi connectivity index (χ0v) is 13.9. The third-order valence-electron chi connectivity index (χ3n) is 4.59. The van der Waals surface area contributed by atoms with E-state index in [0.29, 0.717) is 0 Å². The maximum absolute atomic E-state index is 13.5. The lowest BCUT2D eigenvalue weighted by atomic mass is 9.95. The number of nitrogens with zero attached hydrogens (tertiary/aromatic N) is 1. The molecule has 1 aromatic heterocycles. The Morgan fingerprint density at radius 2 is 1.79 bits per heavy atom. The lowest BCUT2D eigenvalue weighted by Crippen LogP contribution is -2.14. The maximum atomic E-state index is 13.5. The molecule has 0 N–H and O–H groups in total. The van der Waals surface area contributed by atoms with Gasteiger partial charge in [0, 0.05) is 19.0 Å². The van der Waals surface area contributed by atoms with Crippen LogP contribution in [-0.4, -0.2) is 10.9 Å². The predicted octanol–water partition coefficient (Wildman–Crippen LogP) is 5.63. The van der Waals surface area contributed by atoms with E-state index >= 15 is 0 Å². The van der Waals surface area contributed by atoms with E-state index in [4.69, 9.17) is 0 Å². The topological polar surface area (TPSA) is 12.9 Å². The van der Waals surface area contributed by atoms with Crippen molar-refractivity contribution in [1.82, 2.24) is 4.98 Å². The van der Waals surface area contributed by atoms with Crippen LogP contribution in [0.2, 0.25) is 0 Å². The van der Waals surface area contributed by atoms with Crippen LogP contribution < -0.4 is 0 Å². The Labute approximate surface area is 141 Å². The van der Waals surface area contributed by atoms with Crippen molar-refractivity contribution in [3.8, 4) is 0 Å².